The van der Waals surface area contributed by atoms with Crippen LogP contribution in [0, 0.1) is 29.1 Å². The predicted molar refractivity (Wildman–Crippen MR) is 130 cm³/mol. The molecule has 9 atom stereocenters. The Morgan fingerprint density at radius 1 is 1.21 bits per heavy atom. The third-order valence-electron chi connectivity index (χ3n) is 9.53. The molecule has 4 rings (SSSR count). The quantitative estimate of drug-likeness (QED) is 0.465. The van der Waals surface area contributed by atoms with Gasteiger partial charge in [-0.2, -0.15) is 0 Å². The lowest BCUT2D eigenvalue weighted by molar-refractivity contribution is -0.200. The molecule has 0 aromatic rings. The molecule has 0 aromatic carbocycles. The molecule has 6 nitrogen and oxygen atoms in total. The highest BCUT2D eigenvalue weighted by atomic mass is 16.6. The van der Waals surface area contributed by atoms with E-state index < -0.39 is 29.9 Å². The van der Waals surface area contributed by atoms with E-state index in [2.05, 4.69) is 32.6 Å². The molecule has 3 saturated carbocycles. The molecule has 4 aliphatic rings. The third kappa shape index (κ3) is 4.55. The van der Waals surface area contributed by atoms with Crippen LogP contribution in [0.5, 0.6) is 0 Å². The van der Waals surface area contributed by atoms with Crippen LogP contribution in [-0.4, -0.2) is 56.9 Å². The first-order valence-electron chi connectivity index (χ1n) is 13.0. The van der Waals surface area contributed by atoms with Gasteiger partial charge in [0.05, 0.1) is 24.9 Å². The van der Waals surface area contributed by atoms with Gasteiger partial charge in [-0.3, -0.25) is 0 Å². The molecular weight excluding hydrogens is 432 g/mol. The van der Waals surface area contributed by atoms with Crippen molar-refractivity contribution in [2.45, 2.75) is 96.1 Å². The topological polar surface area (TPSA) is 107 Å². The number of hydrogen-bond donors (Lipinski definition) is 4. The summed E-state index contributed by atoms with van der Waals surface area (Å²) in [4.78, 5) is 11.8. The van der Waals surface area contributed by atoms with E-state index in [1.54, 1.807) is 0 Å². The molecule has 0 aromatic heterocycles. The van der Waals surface area contributed by atoms with Crippen LogP contribution in [0.3, 0.4) is 0 Å². The Kier molecular flexibility index (Phi) is 7.18. The van der Waals surface area contributed by atoms with Gasteiger partial charge in [0.1, 0.15) is 0 Å². The molecule has 0 spiro atoms. The van der Waals surface area contributed by atoms with Crippen molar-refractivity contribution < 1.29 is 30.0 Å². The maximum atomic E-state index is 11.8. The van der Waals surface area contributed by atoms with Crippen LogP contribution < -0.4 is 0 Å². The lowest BCUT2D eigenvalue weighted by Gasteiger charge is -2.46. The van der Waals surface area contributed by atoms with Crippen molar-refractivity contribution >= 4 is 5.97 Å². The Morgan fingerprint density at radius 3 is 2.68 bits per heavy atom. The summed E-state index contributed by atoms with van der Waals surface area (Å²) in [5.74, 6) is 0.326. The Hall–Kier alpha value is -1.47. The van der Waals surface area contributed by atoms with Crippen molar-refractivity contribution in [1.82, 2.24) is 0 Å². The maximum Gasteiger partial charge on any atom is 0.340 e. The minimum absolute atomic E-state index is 0.160. The van der Waals surface area contributed by atoms with Crippen molar-refractivity contribution in [2.75, 3.05) is 6.61 Å². The summed E-state index contributed by atoms with van der Waals surface area (Å²) in [7, 11) is 0. The van der Waals surface area contributed by atoms with E-state index >= 15 is 0 Å². The molecule has 3 aliphatic carbocycles. The zero-order valence-corrected chi connectivity index (χ0v) is 20.9. The van der Waals surface area contributed by atoms with Crippen LogP contribution in [0.1, 0.15) is 72.1 Å². The largest absolute Gasteiger partial charge is 0.463 e. The molecule has 0 radical (unpaired) electrons. The molecule has 1 aliphatic heterocycles. The zero-order chi connectivity index (χ0) is 24.8. The molecular formula is C28H42O6. The number of esters is 1. The molecule has 4 fully saturated rings. The van der Waals surface area contributed by atoms with E-state index in [0.717, 1.165) is 43.3 Å². The number of fused-ring (bicyclic) bond motifs is 1. The van der Waals surface area contributed by atoms with Crippen molar-refractivity contribution in [3.05, 3.63) is 35.5 Å². The number of carbonyl (C=O) groups is 1. The normalized spacial score (nSPS) is 46.4. The second-order valence-electron chi connectivity index (χ2n) is 11.8. The number of aliphatic hydroxyl groups excluding tert-OH is 3. The fourth-order valence-electron chi connectivity index (χ4n) is 7.52. The van der Waals surface area contributed by atoms with Crippen molar-refractivity contribution in [3.63, 3.8) is 0 Å². The molecule has 0 amide bonds. The Bertz CT molecular complexity index is 872. The third-order valence-corrected chi connectivity index (χ3v) is 9.53. The van der Waals surface area contributed by atoms with Crippen LogP contribution in [0.15, 0.2) is 35.5 Å². The van der Waals surface area contributed by atoms with E-state index in [9.17, 15) is 25.2 Å². The van der Waals surface area contributed by atoms with Gasteiger partial charge < -0.3 is 25.2 Å². The van der Waals surface area contributed by atoms with Crippen molar-refractivity contribution in [3.8, 4) is 0 Å². The Labute approximate surface area is 203 Å². The monoisotopic (exact) mass is 474 g/mol. The van der Waals surface area contributed by atoms with Gasteiger partial charge in [0.15, 0.2) is 5.60 Å². The average molecular weight is 475 g/mol. The van der Waals surface area contributed by atoms with Crippen LogP contribution in [-0.2, 0) is 9.53 Å². The molecule has 190 valence electrons. The number of carbonyl (C=O) groups excluding carboxylic acids is 1. The number of allylic oxidation sites excluding steroid dienone is 3. The lowest BCUT2D eigenvalue weighted by atomic mass is 9.60. The first-order valence-corrected chi connectivity index (χ1v) is 13.0. The molecule has 1 unspecified atom stereocenters. The highest BCUT2D eigenvalue weighted by Gasteiger charge is 2.53. The van der Waals surface area contributed by atoms with E-state index in [1.807, 2.05) is 0 Å². The van der Waals surface area contributed by atoms with Crippen molar-refractivity contribution in [1.29, 1.82) is 0 Å². The smallest absolute Gasteiger partial charge is 0.340 e. The SMILES string of the molecule is C=C1C(=CC=C2CCC[C@@]3(C)C2CC[C@@H]3[C@H](C)C[C@H]2COC(=O)[C@](C)(O)[C@@H]2O)C[C@@H](O)C[C@@H]1O. The number of hydrogen-bond acceptors (Lipinski definition) is 6. The van der Waals surface area contributed by atoms with Gasteiger partial charge in [-0.25, -0.2) is 4.79 Å². The number of aliphatic hydroxyl groups is 4. The number of cyclic esters (lactones) is 1. The minimum Gasteiger partial charge on any atom is -0.463 e. The summed E-state index contributed by atoms with van der Waals surface area (Å²) >= 11 is 0. The molecule has 4 N–H and O–H groups in total. The second-order valence-corrected chi connectivity index (χ2v) is 11.8. The van der Waals surface area contributed by atoms with E-state index in [-0.39, 0.29) is 17.9 Å². The molecule has 6 heteroatoms. The van der Waals surface area contributed by atoms with Gasteiger partial charge in [0.2, 0.25) is 0 Å². The van der Waals surface area contributed by atoms with E-state index in [4.69, 9.17) is 4.74 Å². The second kappa shape index (κ2) is 9.53. The highest BCUT2D eigenvalue weighted by Crippen LogP contribution is 2.60. The summed E-state index contributed by atoms with van der Waals surface area (Å²) in [6.45, 7) is 10.2. The van der Waals surface area contributed by atoms with Gasteiger partial charge in [-0.05, 0) is 86.2 Å². The fraction of sp³-hybridized carbons (Fsp3) is 0.750. The summed E-state index contributed by atoms with van der Waals surface area (Å²) in [5.41, 5.74) is 1.45. The van der Waals surface area contributed by atoms with Gasteiger partial charge in [-0.1, -0.05) is 38.2 Å². The van der Waals surface area contributed by atoms with E-state index in [0.29, 0.717) is 30.6 Å². The predicted octanol–water partition coefficient (Wildman–Crippen LogP) is 3.44. The minimum atomic E-state index is -1.84. The first kappa shape index (κ1) is 25.6. The molecule has 0 bridgehead atoms. The summed E-state index contributed by atoms with van der Waals surface area (Å²) in [6.07, 6.45) is 9.25. The lowest BCUT2D eigenvalue weighted by Crippen LogP contribution is -2.57. The van der Waals surface area contributed by atoms with Crippen LogP contribution in [0.2, 0.25) is 0 Å². The van der Waals surface area contributed by atoms with Gasteiger partial charge in [-0.15, -0.1) is 0 Å². The molecule has 1 heterocycles. The number of ether oxygens (including phenoxy) is 1. The summed E-state index contributed by atoms with van der Waals surface area (Å²) < 4.78 is 5.19. The van der Waals surface area contributed by atoms with Gasteiger partial charge in [0, 0.05) is 12.3 Å². The fourth-order valence-corrected chi connectivity index (χ4v) is 7.52. The van der Waals surface area contributed by atoms with Crippen LogP contribution in [0.25, 0.3) is 0 Å². The zero-order valence-electron chi connectivity index (χ0n) is 20.9. The standard InChI is InChI=1S/C28H42O6/c1-16(12-20-15-34-26(32)28(4,33)25(20)31)22-9-10-23-18(6-5-11-27(22,23)3)7-8-19-13-21(29)14-24(30)17(19)2/h7-8,16,20-25,29-31,33H,2,5-6,9-15H2,1,3-4H3/t16-,20+,21-,22-,23?,24+,25-,27-,28-/m1/s1. The number of rotatable bonds is 4. The van der Waals surface area contributed by atoms with Gasteiger partial charge >= 0.3 is 5.97 Å². The molecule has 1 saturated heterocycles. The average Bonchev–Trinajstić information content (AvgIpc) is 3.13. The summed E-state index contributed by atoms with van der Waals surface area (Å²) in [5, 5.41) is 41.2. The van der Waals surface area contributed by atoms with Crippen LogP contribution >= 0.6 is 0 Å². The first-order chi connectivity index (χ1) is 15.9. The maximum absolute atomic E-state index is 11.8. The Morgan fingerprint density at radius 2 is 1.94 bits per heavy atom. The highest BCUT2D eigenvalue weighted by molar-refractivity contribution is 5.80. The molecule has 34 heavy (non-hydrogen) atoms. The van der Waals surface area contributed by atoms with Crippen molar-refractivity contribution in [2.24, 2.45) is 29.1 Å². The van der Waals surface area contributed by atoms with E-state index in [1.165, 1.54) is 18.9 Å². The van der Waals surface area contributed by atoms with Gasteiger partial charge in [0.25, 0.3) is 0 Å². The Balaban J connectivity index is 1.48. The van der Waals surface area contributed by atoms with Crippen LogP contribution in [0.4, 0.5) is 0 Å². The summed E-state index contributed by atoms with van der Waals surface area (Å²) in [6, 6.07) is 0.